The van der Waals surface area contributed by atoms with Crippen molar-refractivity contribution in [1.29, 1.82) is 0 Å². The highest BCUT2D eigenvalue weighted by Gasteiger charge is 2.46. The van der Waals surface area contributed by atoms with Crippen molar-refractivity contribution in [2.24, 2.45) is 17.8 Å². The van der Waals surface area contributed by atoms with Gasteiger partial charge in [-0.1, -0.05) is 51.1 Å². The van der Waals surface area contributed by atoms with Crippen molar-refractivity contribution < 1.29 is 29.1 Å². The Balaban J connectivity index is 2.14. The molecule has 4 amide bonds. The minimum atomic E-state index is -1.28. The first-order valence-corrected chi connectivity index (χ1v) is 9.34. The lowest BCUT2D eigenvalue weighted by Gasteiger charge is -2.25. The summed E-state index contributed by atoms with van der Waals surface area (Å²) in [6, 6.07) is 6.82. The van der Waals surface area contributed by atoms with Gasteiger partial charge in [-0.3, -0.25) is 24.5 Å². The van der Waals surface area contributed by atoms with Crippen LogP contribution in [-0.2, 0) is 19.2 Å². The SMILES string of the molecule is CC(C)[C@H](NC(=O)C[C@H](NC(=O)O)c1ccccc1)C(=O)[C@@H]1C(=O)NC(=O)[C@H]1C. The van der Waals surface area contributed by atoms with E-state index in [1.807, 2.05) is 0 Å². The third kappa shape index (κ3) is 5.40. The molecule has 29 heavy (non-hydrogen) atoms. The van der Waals surface area contributed by atoms with E-state index in [4.69, 9.17) is 5.11 Å². The summed E-state index contributed by atoms with van der Waals surface area (Å²) in [4.78, 5) is 60.3. The predicted molar refractivity (Wildman–Crippen MR) is 103 cm³/mol. The van der Waals surface area contributed by atoms with Gasteiger partial charge in [0, 0.05) is 0 Å². The summed E-state index contributed by atoms with van der Waals surface area (Å²) in [5.74, 6) is -4.55. The molecular formula is C20H25N3O6. The number of ketones is 1. The summed E-state index contributed by atoms with van der Waals surface area (Å²) >= 11 is 0. The molecule has 9 nitrogen and oxygen atoms in total. The summed E-state index contributed by atoms with van der Waals surface area (Å²) < 4.78 is 0. The topological polar surface area (TPSA) is 142 Å². The molecular weight excluding hydrogens is 378 g/mol. The number of rotatable bonds is 8. The minimum absolute atomic E-state index is 0.224. The normalized spacial score (nSPS) is 20.7. The highest BCUT2D eigenvalue weighted by atomic mass is 16.4. The lowest BCUT2D eigenvalue weighted by molar-refractivity contribution is -0.137. The van der Waals surface area contributed by atoms with Gasteiger partial charge in [-0.05, 0) is 11.5 Å². The van der Waals surface area contributed by atoms with E-state index in [1.54, 1.807) is 44.2 Å². The van der Waals surface area contributed by atoms with Crippen molar-refractivity contribution in [3.8, 4) is 0 Å². The number of nitrogens with one attached hydrogen (secondary N) is 3. The monoisotopic (exact) mass is 403 g/mol. The van der Waals surface area contributed by atoms with E-state index in [0.29, 0.717) is 5.56 Å². The van der Waals surface area contributed by atoms with Gasteiger partial charge >= 0.3 is 6.09 Å². The molecule has 1 aromatic rings. The number of hydrogen-bond donors (Lipinski definition) is 4. The Labute approximate surface area is 168 Å². The molecule has 0 aromatic heterocycles. The van der Waals surface area contributed by atoms with E-state index in [0.717, 1.165) is 0 Å². The maximum atomic E-state index is 12.9. The average molecular weight is 403 g/mol. The zero-order chi connectivity index (χ0) is 21.7. The smallest absolute Gasteiger partial charge is 0.405 e. The van der Waals surface area contributed by atoms with E-state index in [-0.39, 0.29) is 12.3 Å². The van der Waals surface area contributed by atoms with Crippen molar-refractivity contribution in [3.05, 3.63) is 35.9 Å². The Morgan fingerprint density at radius 1 is 1.07 bits per heavy atom. The van der Waals surface area contributed by atoms with Crippen molar-refractivity contribution >= 4 is 29.6 Å². The van der Waals surface area contributed by atoms with E-state index >= 15 is 0 Å². The molecule has 2 rings (SSSR count). The van der Waals surface area contributed by atoms with Gasteiger partial charge in [0.25, 0.3) is 0 Å². The molecule has 1 saturated heterocycles. The molecule has 0 aliphatic carbocycles. The summed E-state index contributed by atoms with van der Waals surface area (Å²) in [6.45, 7) is 4.92. The van der Waals surface area contributed by atoms with Crippen molar-refractivity contribution in [1.82, 2.24) is 16.0 Å². The summed E-state index contributed by atoms with van der Waals surface area (Å²) in [7, 11) is 0. The zero-order valence-corrected chi connectivity index (χ0v) is 16.5. The van der Waals surface area contributed by atoms with Crippen LogP contribution in [0.3, 0.4) is 0 Å². The molecule has 4 atom stereocenters. The fraction of sp³-hybridized carbons (Fsp3) is 0.450. The molecule has 1 heterocycles. The van der Waals surface area contributed by atoms with Crippen LogP contribution in [0, 0.1) is 17.8 Å². The molecule has 156 valence electrons. The van der Waals surface area contributed by atoms with Gasteiger partial charge in [0.2, 0.25) is 17.7 Å². The number of hydrogen-bond acceptors (Lipinski definition) is 5. The number of benzene rings is 1. The minimum Gasteiger partial charge on any atom is -0.465 e. The van der Waals surface area contributed by atoms with E-state index in [9.17, 15) is 24.0 Å². The fourth-order valence-electron chi connectivity index (χ4n) is 3.33. The maximum Gasteiger partial charge on any atom is 0.405 e. The van der Waals surface area contributed by atoms with Gasteiger partial charge in [-0.2, -0.15) is 0 Å². The third-order valence-electron chi connectivity index (χ3n) is 4.93. The number of imide groups is 1. The van der Waals surface area contributed by atoms with Crippen LogP contribution in [0.25, 0.3) is 0 Å². The first kappa shape index (κ1) is 22.1. The second-order valence-electron chi connectivity index (χ2n) is 7.43. The molecule has 0 unspecified atom stereocenters. The third-order valence-corrected chi connectivity index (χ3v) is 4.93. The molecule has 1 fully saturated rings. The Hall–Kier alpha value is -3.23. The van der Waals surface area contributed by atoms with Gasteiger partial charge < -0.3 is 15.7 Å². The quantitative estimate of drug-likeness (QED) is 0.377. The number of carboxylic acid groups (broad SMARTS) is 1. The van der Waals surface area contributed by atoms with Crippen LogP contribution in [0.2, 0.25) is 0 Å². The number of carbonyl (C=O) groups is 5. The maximum absolute atomic E-state index is 12.9. The van der Waals surface area contributed by atoms with Crippen molar-refractivity contribution in [3.63, 3.8) is 0 Å². The van der Waals surface area contributed by atoms with Crippen LogP contribution in [0.1, 0.15) is 38.8 Å². The largest absolute Gasteiger partial charge is 0.465 e. The highest BCUT2D eigenvalue weighted by Crippen LogP contribution is 2.23. The first-order valence-electron chi connectivity index (χ1n) is 9.34. The zero-order valence-electron chi connectivity index (χ0n) is 16.5. The lowest BCUT2D eigenvalue weighted by Crippen LogP contribution is -2.49. The first-order chi connectivity index (χ1) is 13.6. The number of amides is 4. The van der Waals surface area contributed by atoms with Gasteiger partial charge in [0.1, 0.15) is 5.92 Å². The molecule has 0 saturated carbocycles. The molecule has 4 N–H and O–H groups in total. The molecule has 1 aromatic carbocycles. The Bertz CT molecular complexity index is 808. The van der Waals surface area contributed by atoms with Crippen LogP contribution in [-0.4, -0.2) is 40.7 Å². The van der Waals surface area contributed by atoms with Crippen molar-refractivity contribution in [2.45, 2.75) is 39.3 Å². The van der Waals surface area contributed by atoms with Crippen molar-refractivity contribution in [2.75, 3.05) is 0 Å². The van der Waals surface area contributed by atoms with Crippen LogP contribution < -0.4 is 16.0 Å². The van der Waals surface area contributed by atoms with E-state index in [1.165, 1.54) is 6.92 Å². The highest BCUT2D eigenvalue weighted by molar-refractivity contribution is 6.16. The van der Waals surface area contributed by atoms with Crippen LogP contribution in [0.4, 0.5) is 4.79 Å². The second-order valence-corrected chi connectivity index (χ2v) is 7.43. The van der Waals surface area contributed by atoms with Crippen LogP contribution in [0.15, 0.2) is 30.3 Å². The Morgan fingerprint density at radius 3 is 2.17 bits per heavy atom. The number of Topliss-reactive ketones (excluding diaryl/α,β-unsaturated/α-hetero) is 1. The van der Waals surface area contributed by atoms with Gasteiger partial charge in [-0.25, -0.2) is 4.79 Å². The molecule has 1 aliphatic heterocycles. The predicted octanol–water partition coefficient (Wildman–Crippen LogP) is 1.00. The summed E-state index contributed by atoms with van der Waals surface area (Å²) in [5, 5.41) is 16.1. The lowest BCUT2D eigenvalue weighted by atomic mass is 9.85. The molecule has 9 heteroatoms. The molecule has 0 bridgehead atoms. The van der Waals surface area contributed by atoms with Crippen LogP contribution >= 0.6 is 0 Å². The standard InChI is InChI=1S/C20H25N3O6/c1-10(2)16(17(25)15-11(3)18(26)23-19(15)27)22-14(24)9-13(21-20(28)29)12-7-5-4-6-8-12/h4-8,10-11,13,15-16,21H,9H2,1-3H3,(H,22,24)(H,28,29)(H,23,26,27)/t11-,13-,15+,16-/m0/s1. The second kappa shape index (κ2) is 9.31. The fourth-order valence-corrected chi connectivity index (χ4v) is 3.33. The average Bonchev–Trinajstić information content (AvgIpc) is 2.90. The Morgan fingerprint density at radius 2 is 1.69 bits per heavy atom. The van der Waals surface area contributed by atoms with Gasteiger partial charge in [0.15, 0.2) is 5.78 Å². The molecule has 0 radical (unpaired) electrons. The summed E-state index contributed by atoms with van der Waals surface area (Å²) in [6.07, 6.45) is -1.50. The van der Waals surface area contributed by atoms with E-state index < -0.39 is 53.5 Å². The Kier molecular flexibility index (Phi) is 7.08. The molecule has 1 aliphatic rings. The number of carbonyl (C=O) groups excluding carboxylic acids is 4. The van der Waals surface area contributed by atoms with Gasteiger partial charge in [0.05, 0.1) is 24.4 Å². The van der Waals surface area contributed by atoms with Crippen LogP contribution in [0.5, 0.6) is 0 Å². The summed E-state index contributed by atoms with van der Waals surface area (Å²) in [5.41, 5.74) is 0.604. The molecule has 0 spiro atoms. The van der Waals surface area contributed by atoms with Gasteiger partial charge in [-0.15, -0.1) is 0 Å². The van der Waals surface area contributed by atoms with E-state index in [2.05, 4.69) is 16.0 Å².